The number of rotatable bonds is 7. The maximum atomic E-state index is 10.7. The van der Waals surface area contributed by atoms with E-state index >= 15 is 0 Å². The number of aryl methyl sites for hydroxylation is 1. The van der Waals surface area contributed by atoms with Gasteiger partial charge in [-0.3, -0.25) is 0 Å². The molecule has 0 saturated carbocycles. The SMILES string of the molecule is [2H]c1c([2H])c([2H])c(-c2c([2H])c3c(oc4c([2H])c(-c5c([2H])c([2H])c(C(c6c([2H])c([2H])c7c(c6[2H])C(C([2H])([2H])[2H])(C([2H])(C)C)c6c([2H])c([2H])c([2H])c([2H])c6-7)c6c([2H])c([2H])c7c(c6C)C(C([2H])(C)C)(C(C)(C)C)c6c([2H])c([2H])c([2H])c([2H])c6-7)c([2H])c5[2H])c([2H])c([2H])c43)c3c([2H])c(C)c([2H])c(C)c23)c([2H])c1[2H]. The summed E-state index contributed by atoms with van der Waals surface area (Å²) >= 11 is 0. The van der Waals surface area contributed by atoms with Crippen molar-refractivity contribution in [2.45, 2.75) is 92.8 Å². The second kappa shape index (κ2) is 15.8. The van der Waals surface area contributed by atoms with Gasteiger partial charge in [0.25, 0.3) is 0 Å². The molecular formula is C69H64O. The van der Waals surface area contributed by atoms with E-state index in [4.69, 9.17) is 18.1 Å². The van der Waals surface area contributed by atoms with E-state index in [2.05, 4.69) is 0 Å². The van der Waals surface area contributed by atoms with Crippen molar-refractivity contribution in [2.75, 3.05) is 0 Å². The fourth-order valence-electron chi connectivity index (χ4n) is 11.3. The zero-order valence-corrected chi connectivity index (χ0v) is 40.0. The van der Waals surface area contributed by atoms with Crippen molar-refractivity contribution in [1.82, 2.24) is 0 Å². The summed E-state index contributed by atoms with van der Waals surface area (Å²) in [5, 5.41) is -1.24. The van der Waals surface area contributed by atoms with Crippen LogP contribution in [0.2, 0.25) is 0 Å². The van der Waals surface area contributed by atoms with E-state index in [1.165, 1.54) is 34.6 Å². The molecule has 0 bridgehead atoms. The molecule has 0 fully saturated rings. The largest absolute Gasteiger partial charge is 0.455 e. The zero-order valence-electron chi connectivity index (χ0n) is 73.0. The smallest absolute Gasteiger partial charge is 0.143 e. The molecule has 2 aliphatic carbocycles. The fourth-order valence-corrected chi connectivity index (χ4v) is 11.3. The van der Waals surface area contributed by atoms with E-state index in [1.807, 2.05) is 0 Å². The minimum atomic E-state index is -3.62. The lowest BCUT2D eigenvalue weighted by molar-refractivity contribution is 0.170. The van der Waals surface area contributed by atoms with Crippen LogP contribution in [0, 0.1) is 38.0 Å². The minimum Gasteiger partial charge on any atom is -0.455 e. The summed E-state index contributed by atoms with van der Waals surface area (Å²) in [5.74, 6) is -6.85. The van der Waals surface area contributed by atoms with E-state index < -0.39 is 282 Å². The average molecular weight is 942 g/mol. The molecule has 70 heavy (non-hydrogen) atoms. The third-order valence-electron chi connectivity index (χ3n) is 14.2. The molecule has 12 rings (SSSR count). The van der Waals surface area contributed by atoms with Gasteiger partial charge in [-0.1, -0.05) is 206 Å². The predicted molar refractivity (Wildman–Crippen MR) is 297 cm³/mol. The Balaban J connectivity index is 1.27. The molecule has 9 aromatic carbocycles. The Morgan fingerprint density at radius 3 is 1.87 bits per heavy atom. The van der Waals surface area contributed by atoms with Gasteiger partial charge in [-0.25, -0.2) is 0 Å². The summed E-state index contributed by atoms with van der Waals surface area (Å²) in [6.45, 7) is 10.7. The standard InChI is InChI=1S/C69H64O/c1-40(2)68(11)59-23-17-15-21-51(59)53-31-30-49(37-61(53)68)64(50-33-34-55-52-22-16-18-24-60(52)69(41(3)4,67(8,9)10)65(55)44(50)7)47-27-25-45(26-28-47)48-29-32-54-57-39-56(46-19-13-12-14-20-46)63-43(6)35-42(5)36-58(63)66(57)70-62(54)38-48/h12-41,64H,1-11H3/i11D3,12D,13D,14D,15D,16D,17D,18D,19D,20D,21D,22D,23D,24D,25D,26D,27D,28D,29D,30D,31D,32D,33D,34D,35D,36D,37D,38D,39D,40D,41D. The lowest BCUT2D eigenvalue weighted by Gasteiger charge is -2.48. The Morgan fingerprint density at radius 2 is 1.17 bits per heavy atom. The maximum Gasteiger partial charge on any atom is 0.143 e. The van der Waals surface area contributed by atoms with Crippen LogP contribution in [0.1, 0.15) is 162 Å². The van der Waals surface area contributed by atoms with Crippen molar-refractivity contribution in [3.63, 3.8) is 0 Å². The third kappa shape index (κ3) is 6.16. The molecule has 3 unspecified atom stereocenters. The highest BCUT2D eigenvalue weighted by molar-refractivity contribution is 6.20. The van der Waals surface area contributed by atoms with Crippen molar-refractivity contribution in [2.24, 2.45) is 17.2 Å². The van der Waals surface area contributed by atoms with Gasteiger partial charge in [-0.05, 0) is 162 Å². The van der Waals surface area contributed by atoms with Crippen molar-refractivity contribution in [3.8, 4) is 44.5 Å². The summed E-state index contributed by atoms with van der Waals surface area (Å²) in [6, 6.07) is -24.3. The van der Waals surface area contributed by atoms with E-state index in [9.17, 15) is 31.5 Å². The normalized spacial score (nSPS) is 24.8. The lowest BCUT2D eigenvalue weighted by atomic mass is 9.55. The number of furan rings is 1. The topological polar surface area (TPSA) is 13.1 Å². The van der Waals surface area contributed by atoms with Gasteiger partial charge in [0.05, 0.1) is 38.4 Å². The Morgan fingerprint density at radius 1 is 0.529 bits per heavy atom. The summed E-state index contributed by atoms with van der Waals surface area (Å²) in [7, 11) is 0. The summed E-state index contributed by atoms with van der Waals surface area (Å²) in [6.07, 6.45) is 0. The minimum absolute atomic E-state index is 0.0443. The summed E-state index contributed by atoms with van der Waals surface area (Å²) in [5.41, 5.74) is -16.3. The van der Waals surface area contributed by atoms with E-state index in [0.717, 1.165) is 13.8 Å². The van der Waals surface area contributed by atoms with Crippen LogP contribution >= 0.6 is 0 Å². The molecule has 3 atom stereocenters. The van der Waals surface area contributed by atoms with Crippen LogP contribution in [0.25, 0.3) is 77.2 Å². The van der Waals surface area contributed by atoms with Gasteiger partial charge in [-0.2, -0.15) is 0 Å². The van der Waals surface area contributed by atoms with Crippen LogP contribution in [0.15, 0.2) is 174 Å². The first-order valence-electron chi connectivity index (χ1n) is 39.3. The highest BCUT2D eigenvalue weighted by Crippen LogP contribution is 2.63. The Bertz CT molecular complexity index is 5380. The summed E-state index contributed by atoms with van der Waals surface area (Å²) < 4.78 is 322. The molecule has 0 saturated heterocycles. The molecule has 0 spiro atoms. The summed E-state index contributed by atoms with van der Waals surface area (Å²) in [4.78, 5) is 0. The fraction of sp³-hybridized carbons (Fsp3) is 0.246. The number of fused-ring (bicyclic) bond motifs is 11. The quantitative estimate of drug-likeness (QED) is 0.145. The zero-order chi connectivity index (χ0) is 77.3. The van der Waals surface area contributed by atoms with E-state index in [0.29, 0.717) is 0 Å². The van der Waals surface area contributed by atoms with Crippen LogP contribution in [0.3, 0.4) is 0 Å². The molecule has 0 amide bonds. The second-order valence-corrected chi connectivity index (χ2v) is 19.6. The van der Waals surface area contributed by atoms with Gasteiger partial charge >= 0.3 is 0 Å². The monoisotopic (exact) mass is 942 g/mol. The molecule has 346 valence electrons. The lowest BCUT2D eigenvalue weighted by Crippen LogP contribution is -2.44. The molecule has 10 aromatic rings. The second-order valence-electron chi connectivity index (χ2n) is 19.6. The highest BCUT2D eigenvalue weighted by atomic mass is 16.3. The van der Waals surface area contributed by atoms with Gasteiger partial charge in [0.1, 0.15) is 11.2 Å². The molecule has 0 aliphatic heterocycles. The first-order valence-corrected chi connectivity index (χ1v) is 22.8. The van der Waals surface area contributed by atoms with Crippen LogP contribution in [-0.4, -0.2) is 0 Å². The van der Waals surface area contributed by atoms with Crippen molar-refractivity contribution in [1.29, 1.82) is 0 Å². The highest BCUT2D eigenvalue weighted by Gasteiger charge is 2.54. The molecule has 0 N–H and O–H groups in total. The number of benzene rings is 9. The first kappa shape index (κ1) is 21.2. The number of hydrogen-bond acceptors (Lipinski definition) is 1. The van der Waals surface area contributed by atoms with E-state index in [1.54, 1.807) is 20.8 Å². The van der Waals surface area contributed by atoms with E-state index in [-0.39, 0.29) is 61.3 Å². The predicted octanol–water partition coefficient (Wildman–Crippen LogP) is 19.1. The van der Waals surface area contributed by atoms with Gasteiger partial charge in [0, 0.05) is 39.8 Å². The third-order valence-corrected chi connectivity index (χ3v) is 14.2. The first-order chi connectivity index (χ1) is 47.2. The molecule has 2 aliphatic rings. The van der Waals surface area contributed by atoms with Gasteiger partial charge in [0.2, 0.25) is 0 Å². The Hall–Kier alpha value is -6.96. The molecule has 1 aromatic heterocycles. The maximum absolute atomic E-state index is 10.7. The van der Waals surface area contributed by atoms with Crippen molar-refractivity contribution in [3.05, 3.63) is 225 Å². The Labute approximate surface area is 461 Å². The molecular weight excluding hydrogens is 845 g/mol. The van der Waals surface area contributed by atoms with Gasteiger partial charge in [-0.15, -0.1) is 0 Å². The van der Waals surface area contributed by atoms with Gasteiger partial charge < -0.3 is 4.42 Å². The molecule has 1 nitrogen and oxygen atoms in total. The molecule has 0 radical (unpaired) electrons. The van der Waals surface area contributed by atoms with Crippen molar-refractivity contribution < 1.29 is 49.7 Å². The van der Waals surface area contributed by atoms with Crippen LogP contribution < -0.4 is 0 Å². The van der Waals surface area contributed by atoms with Crippen LogP contribution in [-0.2, 0) is 10.8 Å². The number of hydrogen-bond donors (Lipinski definition) is 0. The van der Waals surface area contributed by atoms with Gasteiger partial charge in [0.15, 0.2) is 0 Å². The Kier molecular flexibility index (Phi) is 4.77. The average Bonchev–Trinajstić information content (AvgIpc) is 1.53. The van der Waals surface area contributed by atoms with Crippen molar-refractivity contribution >= 4 is 32.7 Å². The molecule has 1 heterocycles. The van der Waals surface area contributed by atoms with Crippen LogP contribution in [0.5, 0.6) is 0 Å². The van der Waals surface area contributed by atoms with Crippen LogP contribution in [0.4, 0.5) is 0 Å². The molecule has 1 heteroatoms.